The van der Waals surface area contributed by atoms with Gasteiger partial charge in [0.1, 0.15) is 0 Å². The lowest BCUT2D eigenvalue weighted by atomic mass is 9.78. The minimum atomic E-state index is 0.128. The molecule has 0 atom stereocenters. The van der Waals surface area contributed by atoms with E-state index in [-0.39, 0.29) is 10.8 Å². The zero-order valence-electron chi connectivity index (χ0n) is 18.1. The topological polar surface area (TPSA) is 12.0 Å². The number of unbranched alkanes of at least 4 members (excludes halogenated alkanes) is 1. The zero-order valence-corrected chi connectivity index (χ0v) is 18.1. The van der Waals surface area contributed by atoms with Gasteiger partial charge in [-0.3, -0.25) is 0 Å². The van der Waals surface area contributed by atoms with Crippen molar-refractivity contribution in [2.24, 2.45) is 0 Å². The Labute approximate surface area is 161 Å². The van der Waals surface area contributed by atoms with E-state index in [0.717, 1.165) is 6.42 Å². The van der Waals surface area contributed by atoms with Gasteiger partial charge in [0.15, 0.2) is 0 Å². The van der Waals surface area contributed by atoms with Crippen LogP contribution in [0.2, 0.25) is 0 Å². The first kappa shape index (κ1) is 20.6. The van der Waals surface area contributed by atoms with E-state index in [0.29, 0.717) is 0 Å². The lowest BCUT2D eigenvalue weighted by Gasteiger charge is -2.29. The maximum Gasteiger partial charge on any atom is 0.0419 e. The Balaban J connectivity index is 2.53. The molecule has 0 fully saturated rings. The number of para-hydroxylation sites is 1. The molecule has 1 heteroatoms. The minimum absolute atomic E-state index is 0.128. The summed E-state index contributed by atoms with van der Waals surface area (Å²) in [7, 11) is 0. The van der Waals surface area contributed by atoms with Crippen molar-refractivity contribution in [1.82, 2.24) is 0 Å². The fraction of sp³-hybridized carbons (Fsp3) is 0.520. The predicted octanol–water partition coefficient (Wildman–Crippen LogP) is 7.68. The van der Waals surface area contributed by atoms with Crippen LogP contribution in [0.25, 0.3) is 0 Å². The summed E-state index contributed by atoms with van der Waals surface area (Å²) in [4.78, 5) is 0. The van der Waals surface area contributed by atoms with E-state index >= 15 is 0 Å². The molecular weight excluding hydrogens is 314 g/mol. The second kappa shape index (κ2) is 7.86. The van der Waals surface area contributed by atoms with Gasteiger partial charge in [-0.05, 0) is 65.0 Å². The molecule has 0 aromatic heterocycles. The second-order valence-corrected chi connectivity index (χ2v) is 9.58. The normalized spacial score (nSPS) is 12.3. The standard InChI is InChI=1S/C25H37N/c1-9-10-13-19-14-11-12-15-22(19)26-23-17-20(24(3,4)5)16-21(18(23)2)25(6,7)8/h11-12,14-17,26H,9-10,13H2,1-8H3. The molecule has 2 aromatic carbocycles. The molecule has 0 heterocycles. The summed E-state index contributed by atoms with van der Waals surface area (Å²) < 4.78 is 0. The number of aryl methyl sites for hydroxylation is 1. The fourth-order valence-corrected chi connectivity index (χ4v) is 3.43. The van der Waals surface area contributed by atoms with Crippen LogP contribution in [0.1, 0.15) is 83.6 Å². The van der Waals surface area contributed by atoms with E-state index in [9.17, 15) is 0 Å². The molecule has 142 valence electrons. The number of rotatable bonds is 5. The average molecular weight is 352 g/mol. The fourth-order valence-electron chi connectivity index (χ4n) is 3.43. The Morgan fingerprint density at radius 3 is 2.08 bits per heavy atom. The van der Waals surface area contributed by atoms with Crippen molar-refractivity contribution < 1.29 is 0 Å². The lowest BCUT2D eigenvalue weighted by Crippen LogP contribution is -2.18. The van der Waals surface area contributed by atoms with Gasteiger partial charge in [0.05, 0.1) is 0 Å². The van der Waals surface area contributed by atoms with Gasteiger partial charge >= 0.3 is 0 Å². The van der Waals surface area contributed by atoms with Crippen LogP contribution in [0.5, 0.6) is 0 Å². The summed E-state index contributed by atoms with van der Waals surface area (Å²) >= 11 is 0. The van der Waals surface area contributed by atoms with E-state index in [2.05, 4.69) is 97.1 Å². The third-order valence-corrected chi connectivity index (χ3v) is 5.17. The van der Waals surface area contributed by atoms with Crippen molar-refractivity contribution in [2.45, 2.75) is 85.5 Å². The number of nitrogens with one attached hydrogen (secondary N) is 1. The first-order chi connectivity index (χ1) is 12.0. The molecule has 0 unspecified atom stereocenters. The van der Waals surface area contributed by atoms with Crippen molar-refractivity contribution in [3.8, 4) is 0 Å². The van der Waals surface area contributed by atoms with Crippen LogP contribution in [0.15, 0.2) is 36.4 Å². The molecule has 0 saturated heterocycles. The van der Waals surface area contributed by atoms with Gasteiger partial charge < -0.3 is 5.32 Å². The highest BCUT2D eigenvalue weighted by Crippen LogP contribution is 2.37. The van der Waals surface area contributed by atoms with Crippen LogP contribution in [-0.4, -0.2) is 0 Å². The first-order valence-corrected chi connectivity index (χ1v) is 10.0. The molecule has 1 nitrogen and oxygen atoms in total. The molecule has 0 saturated carbocycles. The van der Waals surface area contributed by atoms with Crippen molar-refractivity contribution in [3.63, 3.8) is 0 Å². The largest absolute Gasteiger partial charge is 0.355 e. The highest BCUT2D eigenvalue weighted by molar-refractivity contribution is 5.69. The average Bonchev–Trinajstić information content (AvgIpc) is 2.53. The van der Waals surface area contributed by atoms with Crippen LogP contribution in [-0.2, 0) is 17.3 Å². The van der Waals surface area contributed by atoms with Crippen LogP contribution in [0, 0.1) is 6.92 Å². The predicted molar refractivity (Wildman–Crippen MR) is 117 cm³/mol. The molecule has 0 aliphatic heterocycles. The first-order valence-electron chi connectivity index (χ1n) is 10.0. The maximum atomic E-state index is 3.77. The highest BCUT2D eigenvalue weighted by Gasteiger charge is 2.23. The molecule has 2 aromatic rings. The van der Waals surface area contributed by atoms with Crippen molar-refractivity contribution in [2.75, 3.05) is 5.32 Å². The molecule has 0 aliphatic carbocycles. The van der Waals surface area contributed by atoms with Gasteiger partial charge in [0, 0.05) is 11.4 Å². The molecular formula is C25H37N. The zero-order chi connectivity index (χ0) is 19.5. The van der Waals surface area contributed by atoms with Gasteiger partial charge in [-0.15, -0.1) is 0 Å². The minimum Gasteiger partial charge on any atom is -0.355 e. The highest BCUT2D eigenvalue weighted by atomic mass is 14.9. The second-order valence-electron chi connectivity index (χ2n) is 9.58. The molecule has 0 amide bonds. The number of hydrogen-bond acceptors (Lipinski definition) is 1. The summed E-state index contributed by atoms with van der Waals surface area (Å²) in [5, 5.41) is 3.77. The smallest absolute Gasteiger partial charge is 0.0419 e. The summed E-state index contributed by atoms with van der Waals surface area (Å²) in [6.07, 6.45) is 3.58. The Bertz CT molecular complexity index is 742. The Morgan fingerprint density at radius 2 is 1.50 bits per heavy atom. The van der Waals surface area contributed by atoms with Gasteiger partial charge in [-0.25, -0.2) is 0 Å². The van der Waals surface area contributed by atoms with Gasteiger partial charge in [0.2, 0.25) is 0 Å². The third-order valence-electron chi connectivity index (χ3n) is 5.17. The van der Waals surface area contributed by atoms with Crippen molar-refractivity contribution in [1.29, 1.82) is 0 Å². The van der Waals surface area contributed by atoms with E-state index < -0.39 is 0 Å². The van der Waals surface area contributed by atoms with Gasteiger partial charge in [-0.2, -0.15) is 0 Å². The molecule has 0 radical (unpaired) electrons. The molecule has 0 aliphatic rings. The monoisotopic (exact) mass is 351 g/mol. The van der Waals surface area contributed by atoms with Crippen molar-refractivity contribution in [3.05, 3.63) is 58.7 Å². The lowest BCUT2D eigenvalue weighted by molar-refractivity contribution is 0.566. The molecule has 2 rings (SSSR count). The summed E-state index contributed by atoms with van der Waals surface area (Å²) in [5.41, 5.74) is 8.33. The third kappa shape index (κ3) is 4.90. The van der Waals surface area contributed by atoms with Crippen LogP contribution >= 0.6 is 0 Å². The number of anilines is 2. The van der Waals surface area contributed by atoms with Crippen LogP contribution in [0.3, 0.4) is 0 Å². The SMILES string of the molecule is CCCCc1ccccc1Nc1cc(C(C)(C)C)cc(C(C)(C)C)c1C. The van der Waals surface area contributed by atoms with Crippen LogP contribution in [0.4, 0.5) is 11.4 Å². The Kier molecular flexibility index (Phi) is 6.21. The summed E-state index contributed by atoms with van der Waals surface area (Å²) in [6, 6.07) is 13.5. The van der Waals surface area contributed by atoms with E-state index in [1.165, 1.54) is 46.5 Å². The van der Waals surface area contributed by atoms with Crippen molar-refractivity contribution >= 4 is 11.4 Å². The molecule has 0 bridgehead atoms. The van der Waals surface area contributed by atoms with E-state index in [1.807, 2.05) is 0 Å². The summed E-state index contributed by atoms with van der Waals surface area (Å²) in [6.45, 7) is 18.3. The Hall–Kier alpha value is -1.76. The van der Waals surface area contributed by atoms with E-state index in [1.54, 1.807) is 0 Å². The summed E-state index contributed by atoms with van der Waals surface area (Å²) in [5.74, 6) is 0. The number of benzene rings is 2. The van der Waals surface area contributed by atoms with E-state index in [4.69, 9.17) is 0 Å². The maximum absolute atomic E-state index is 3.77. The molecule has 0 spiro atoms. The van der Waals surface area contributed by atoms with Gasteiger partial charge in [-0.1, -0.05) is 79.2 Å². The van der Waals surface area contributed by atoms with Gasteiger partial charge in [0.25, 0.3) is 0 Å². The molecule has 1 N–H and O–H groups in total. The van der Waals surface area contributed by atoms with Crippen LogP contribution < -0.4 is 5.32 Å². The number of hydrogen-bond donors (Lipinski definition) is 1. The quantitative estimate of drug-likeness (QED) is 0.582. The Morgan fingerprint density at radius 1 is 0.846 bits per heavy atom. The molecule has 26 heavy (non-hydrogen) atoms.